The molecule has 3 aromatic carbocycles. The van der Waals surface area contributed by atoms with Crippen LogP contribution in [0.2, 0.25) is 5.02 Å². The second-order valence-electron chi connectivity index (χ2n) is 7.22. The molecule has 0 saturated carbocycles. The fourth-order valence-electron chi connectivity index (χ4n) is 3.55. The Morgan fingerprint density at radius 2 is 1.76 bits per heavy atom. The molecule has 2 N–H and O–H groups in total. The highest BCUT2D eigenvalue weighted by atomic mass is 35.5. The maximum atomic E-state index is 14.1. The smallest absolute Gasteiger partial charge is 0.329 e. The summed E-state index contributed by atoms with van der Waals surface area (Å²) in [4.78, 5) is 6.01. The molecule has 0 aliphatic rings. The summed E-state index contributed by atoms with van der Waals surface area (Å²) >= 11 is 6.10. The van der Waals surface area contributed by atoms with Crippen molar-refractivity contribution in [2.75, 3.05) is 11.9 Å². The first-order chi connectivity index (χ1) is 15.6. The van der Waals surface area contributed by atoms with Crippen LogP contribution in [0.5, 0.6) is 0 Å². The first-order valence-corrected chi connectivity index (χ1v) is 9.96. The van der Waals surface area contributed by atoms with Crippen LogP contribution in [0, 0.1) is 16.6 Å². The van der Waals surface area contributed by atoms with Crippen molar-refractivity contribution in [1.29, 1.82) is 10.8 Å². The second-order valence-corrected chi connectivity index (χ2v) is 7.66. The van der Waals surface area contributed by atoms with Gasteiger partial charge in [-0.15, -0.1) is 0 Å². The molecule has 33 heavy (non-hydrogen) atoms. The highest BCUT2D eigenvalue weighted by molar-refractivity contribution is 6.31. The minimum absolute atomic E-state index is 0.178. The Morgan fingerprint density at radius 3 is 2.42 bits per heavy atom. The van der Waals surface area contributed by atoms with Gasteiger partial charge in [0.05, 0.1) is 17.4 Å². The van der Waals surface area contributed by atoms with Crippen LogP contribution in [0.25, 0.3) is 22.0 Å². The predicted molar refractivity (Wildman–Crippen MR) is 120 cm³/mol. The fraction of sp³-hybridized carbons (Fsp3) is 0.0870. The summed E-state index contributed by atoms with van der Waals surface area (Å²) in [6, 6.07) is 14.6. The van der Waals surface area contributed by atoms with Crippen molar-refractivity contribution >= 4 is 40.3 Å². The van der Waals surface area contributed by atoms with Gasteiger partial charge in [0.2, 0.25) is 5.62 Å². The number of halogens is 5. The zero-order valence-electron chi connectivity index (χ0n) is 17.1. The second kappa shape index (κ2) is 8.32. The minimum atomic E-state index is -4.77. The Balaban J connectivity index is 1.81. The van der Waals surface area contributed by atoms with E-state index in [4.69, 9.17) is 22.4 Å². The molecule has 0 unspecified atom stereocenters. The molecule has 0 radical (unpaired) electrons. The molecule has 0 aliphatic heterocycles. The van der Waals surface area contributed by atoms with Crippen LogP contribution in [0.4, 0.5) is 29.1 Å². The predicted octanol–water partition coefficient (Wildman–Crippen LogP) is 6.22. The summed E-state index contributed by atoms with van der Waals surface area (Å²) in [6.07, 6.45) is -3.80. The lowest BCUT2D eigenvalue weighted by Gasteiger charge is -2.22. The quantitative estimate of drug-likeness (QED) is 0.210. The largest absolute Gasteiger partial charge is 0.419 e. The third-order valence-corrected chi connectivity index (χ3v) is 5.42. The van der Waals surface area contributed by atoms with Gasteiger partial charge in [-0.05, 0) is 53.6 Å². The van der Waals surface area contributed by atoms with Crippen LogP contribution in [0.1, 0.15) is 5.56 Å². The topological polar surface area (TPSA) is 68.8 Å². The first kappa shape index (κ1) is 22.5. The van der Waals surface area contributed by atoms with Gasteiger partial charge in [-0.2, -0.15) is 18.2 Å². The normalized spacial score (nSPS) is 11.6. The molecule has 5 nitrogen and oxygen atoms in total. The summed E-state index contributed by atoms with van der Waals surface area (Å²) < 4.78 is 54.0. The van der Waals surface area contributed by atoms with Crippen molar-refractivity contribution in [3.63, 3.8) is 0 Å². The number of nitrogens with zero attached hydrogens (tertiary/aromatic N) is 3. The molecule has 0 amide bonds. The highest BCUT2D eigenvalue weighted by Crippen LogP contribution is 2.35. The van der Waals surface area contributed by atoms with E-state index in [1.54, 1.807) is 54.4 Å². The molecule has 0 fully saturated rings. The van der Waals surface area contributed by atoms with Crippen LogP contribution in [0.15, 0.2) is 60.7 Å². The molecule has 1 heterocycles. The molecule has 1 aromatic heterocycles. The van der Waals surface area contributed by atoms with Crippen molar-refractivity contribution in [3.05, 3.63) is 82.7 Å². The Hall–Kier alpha value is -3.72. The lowest BCUT2D eigenvalue weighted by molar-refractivity contribution is -0.139. The van der Waals surface area contributed by atoms with E-state index in [2.05, 4.69) is 4.98 Å². The van der Waals surface area contributed by atoms with E-state index in [0.29, 0.717) is 33.0 Å². The average Bonchev–Trinajstić information content (AvgIpc) is 2.77. The first-order valence-electron chi connectivity index (χ1n) is 9.58. The van der Waals surface area contributed by atoms with E-state index in [1.165, 1.54) is 10.6 Å². The van der Waals surface area contributed by atoms with Gasteiger partial charge in [0.1, 0.15) is 11.6 Å². The number of anilines is 2. The van der Waals surface area contributed by atoms with Gasteiger partial charge in [-0.3, -0.25) is 15.4 Å². The van der Waals surface area contributed by atoms with Gasteiger partial charge in [-0.25, -0.2) is 4.39 Å². The molecule has 4 aromatic rings. The lowest BCUT2D eigenvalue weighted by Crippen LogP contribution is -2.26. The van der Waals surface area contributed by atoms with E-state index >= 15 is 0 Å². The molecule has 0 spiro atoms. The maximum Gasteiger partial charge on any atom is 0.419 e. The zero-order chi connectivity index (χ0) is 23.9. The molecule has 0 saturated heterocycles. The molecule has 168 valence electrons. The summed E-state index contributed by atoms with van der Waals surface area (Å²) in [7, 11) is 1.72. The Labute approximate surface area is 190 Å². The van der Waals surface area contributed by atoms with E-state index in [1.807, 2.05) is 0 Å². The van der Waals surface area contributed by atoms with Crippen LogP contribution in [-0.2, 0) is 6.18 Å². The number of benzene rings is 3. The number of nitrogens with one attached hydrogen (secondary N) is 2. The molecule has 10 heteroatoms. The van der Waals surface area contributed by atoms with Crippen LogP contribution >= 0.6 is 11.6 Å². The van der Waals surface area contributed by atoms with E-state index in [0.717, 1.165) is 18.5 Å². The van der Waals surface area contributed by atoms with Gasteiger partial charge in [0, 0.05) is 23.1 Å². The number of fused-ring (bicyclic) bond motifs is 1. The van der Waals surface area contributed by atoms with E-state index < -0.39 is 17.6 Å². The van der Waals surface area contributed by atoms with Crippen LogP contribution in [0.3, 0.4) is 0 Å². The van der Waals surface area contributed by atoms with Gasteiger partial charge in [-0.1, -0.05) is 29.8 Å². The molecule has 0 bridgehead atoms. The number of rotatable bonds is 4. The van der Waals surface area contributed by atoms with Gasteiger partial charge in [0.25, 0.3) is 0 Å². The summed E-state index contributed by atoms with van der Waals surface area (Å²) in [5, 5.41) is 16.8. The Kier molecular flexibility index (Phi) is 5.67. The van der Waals surface area contributed by atoms with Crippen molar-refractivity contribution in [1.82, 2.24) is 9.55 Å². The van der Waals surface area contributed by atoms with Gasteiger partial charge in [0.15, 0.2) is 0 Å². The number of alkyl halides is 3. The third kappa shape index (κ3) is 4.19. The SMILES string of the molecule is CN(c1cccc(-c2ccc(C(F)(F)F)c(F)c2)c1)c1nc(=N)n(C=N)c2cc(Cl)ccc12. The van der Waals surface area contributed by atoms with Crippen molar-refractivity contribution in [2.24, 2.45) is 0 Å². The van der Waals surface area contributed by atoms with E-state index in [9.17, 15) is 17.6 Å². The fourth-order valence-corrected chi connectivity index (χ4v) is 3.72. The highest BCUT2D eigenvalue weighted by Gasteiger charge is 2.34. The molecular formula is C23H16ClF4N5. The molecule has 0 atom stereocenters. The number of aromatic nitrogens is 2. The molecule has 0 aliphatic carbocycles. The number of hydrogen-bond acceptors (Lipinski definition) is 4. The van der Waals surface area contributed by atoms with Crippen LogP contribution < -0.4 is 10.5 Å². The van der Waals surface area contributed by atoms with E-state index in [-0.39, 0.29) is 11.2 Å². The lowest BCUT2D eigenvalue weighted by atomic mass is 10.0. The summed E-state index contributed by atoms with van der Waals surface area (Å²) in [6.45, 7) is 0. The average molecular weight is 474 g/mol. The standard InChI is InChI=1S/C23H16ClF4N5/c1-32(21-17-7-6-15(24)11-20(17)33(12-29)22(30)31-21)16-4-2-3-13(9-16)14-5-8-18(19(25)10-14)23(26,27)28/h2-12,29-30H,1H3. The maximum absolute atomic E-state index is 14.1. The van der Waals surface area contributed by atoms with Crippen molar-refractivity contribution in [3.8, 4) is 11.1 Å². The van der Waals surface area contributed by atoms with Crippen molar-refractivity contribution in [2.45, 2.75) is 6.18 Å². The molecule has 4 rings (SSSR count). The zero-order valence-corrected chi connectivity index (χ0v) is 17.8. The van der Waals surface area contributed by atoms with Crippen molar-refractivity contribution < 1.29 is 17.6 Å². The molecular weight excluding hydrogens is 458 g/mol. The summed E-state index contributed by atoms with van der Waals surface area (Å²) in [5.41, 5.74) is 0.430. The monoisotopic (exact) mass is 473 g/mol. The van der Waals surface area contributed by atoms with Gasteiger partial charge < -0.3 is 4.90 Å². The van der Waals surface area contributed by atoms with Gasteiger partial charge >= 0.3 is 6.18 Å². The Bertz CT molecular complexity index is 1450. The number of hydrogen-bond donors (Lipinski definition) is 2. The van der Waals surface area contributed by atoms with Crippen LogP contribution in [-0.4, -0.2) is 22.9 Å². The minimum Gasteiger partial charge on any atom is -0.329 e. The Morgan fingerprint density at radius 1 is 1.03 bits per heavy atom. The third-order valence-electron chi connectivity index (χ3n) is 5.19. The summed E-state index contributed by atoms with van der Waals surface area (Å²) in [5.74, 6) is -0.929.